The smallest absolute Gasteiger partial charge is 0.191 e. The van der Waals surface area contributed by atoms with Crippen molar-refractivity contribution in [3.63, 3.8) is 0 Å². The highest BCUT2D eigenvalue weighted by Gasteiger charge is 2.25. The Hall–Kier alpha value is -1.06. The van der Waals surface area contributed by atoms with Crippen molar-refractivity contribution < 1.29 is 4.74 Å². The molecule has 1 aromatic carbocycles. The lowest BCUT2D eigenvalue weighted by molar-refractivity contribution is -0.0174. The van der Waals surface area contributed by atoms with Gasteiger partial charge in [-0.3, -0.25) is 9.89 Å². The van der Waals surface area contributed by atoms with Crippen LogP contribution in [-0.2, 0) is 4.74 Å². The molecule has 3 atom stereocenters. The fourth-order valence-corrected chi connectivity index (χ4v) is 3.90. The first-order valence-corrected chi connectivity index (χ1v) is 9.78. The minimum Gasteiger partial charge on any atom is -0.379 e. The van der Waals surface area contributed by atoms with Gasteiger partial charge >= 0.3 is 0 Å². The number of guanidine groups is 1. The summed E-state index contributed by atoms with van der Waals surface area (Å²) in [5, 5.41) is 7.10. The van der Waals surface area contributed by atoms with Crippen molar-refractivity contribution in [3.05, 3.63) is 30.3 Å². The number of morpholine rings is 1. The molecule has 0 radical (unpaired) electrons. The molecule has 0 saturated carbocycles. The first kappa shape index (κ1) is 22.2. The minimum atomic E-state index is 0. The zero-order valence-corrected chi connectivity index (χ0v) is 19.1. The van der Waals surface area contributed by atoms with Gasteiger partial charge in [-0.15, -0.1) is 24.0 Å². The fraction of sp³-hybridized carbons (Fsp3) is 0.650. The Kier molecular flexibility index (Phi) is 9.11. The topological polar surface area (TPSA) is 52.1 Å². The highest BCUT2D eigenvalue weighted by molar-refractivity contribution is 14.0. The van der Waals surface area contributed by atoms with Gasteiger partial charge < -0.3 is 20.3 Å². The molecule has 27 heavy (non-hydrogen) atoms. The number of aliphatic imine (C=N–C) groups is 1. The van der Waals surface area contributed by atoms with Crippen LogP contribution in [0.1, 0.15) is 20.3 Å². The first-order valence-electron chi connectivity index (χ1n) is 9.78. The van der Waals surface area contributed by atoms with Crippen LogP contribution in [0.5, 0.6) is 0 Å². The number of rotatable bonds is 5. The molecule has 3 unspecified atom stereocenters. The summed E-state index contributed by atoms with van der Waals surface area (Å²) >= 11 is 0. The number of para-hydroxylation sites is 1. The van der Waals surface area contributed by atoms with Crippen molar-refractivity contribution in [3.8, 4) is 0 Å². The Bertz CT molecular complexity index is 585. The van der Waals surface area contributed by atoms with Crippen molar-refractivity contribution in [2.45, 2.75) is 38.4 Å². The standard InChI is InChI=1S/C20H33N5O.HI/c1-16(25-11-12-26-15-17(25)2)13-22-20(21-3)23-18-9-10-24(14-18)19-7-5-4-6-8-19;/h4-8,16-18H,9-15H2,1-3H3,(H2,21,22,23);1H. The summed E-state index contributed by atoms with van der Waals surface area (Å²) in [6, 6.07) is 12.0. The van der Waals surface area contributed by atoms with Gasteiger partial charge in [-0.2, -0.15) is 0 Å². The molecular weight excluding hydrogens is 453 g/mol. The van der Waals surface area contributed by atoms with Gasteiger partial charge in [-0.25, -0.2) is 0 Å². The zero-order valence-electron chi connectivity index (χ0n) is 16.7. The van der Waals surface area contributed by atoms with Crippen molar-refractivity contribution >= 4 is 35.6 Å². The number of halogens is 1. The van der Waals surface area contributed by atoms with E-state index in [9.17, 15) is 0 Å². The van der Waals surface area contributed by atoms with E-state index in [4.69, 9.17) is 4.74 Å². The second-order valence-corrected chi connectivity index (χ2v) is 7.38. The second kappa shape index (κ2) is 11.1. The third-order valence-corrected chi connectivity index (χ3v) is 5.42. The molecule has 0 aliphatic carbocycles. The summed E-state index contributed by atoms with van der Waals surface area (Å²) in [4.78, 5) is 9.36. The molecule has 2 aliphatic heterocycles. The van der Waals surface area contributed by atoms with Crippen LogP contribution >= 0.6 is 24.0 Å². The summed E-state index contributed by atoms with van der Waals surface area (Å²) in [5.41, 5.74) is 1.30. The maximum Gasteiger partial charge on any atom is 0.191 e. The lowest BCUT2D eigenvalue weighted by Gasteiger charge is -2.38. The predicted octanol–water partition coefficient (Wildman–Crippen LogP) is 2.16. The Morgan fingerprint density at radius 1 is 1.30 bits per heavy atom. The molecule has 2 heterocycles. The van der Waals surface area contributed by atoms with Gasteiger partial charge in [-0.1, -0.05) is 18.2 Å². The number of benzene rings is 1. The predicted molar refractivity (Wildman–Crippen MR) is 123 cm³/mol. The molecule has 2 saturated heterocycles. The van der Waals surface area contributed by atoms with E-state index in [0.29, 0.717) is 18.1 Å². The van der Waals surface area contributed by atoms with Crippen LogP contribution < -0.4 is 15.5 Å². The van der Waals surface area contributed by atoms with Crippen LogP contribution in [0.25, 0.3) is 0 Å². The summed E-state index contributed by atoms with van der Waals surface area (Å²) in [5.74, 6) is 0.901. The van der Waals surface area contributed by atoms with E-state index in [-0.39, 0.29) is 24.0 Å². The van der Waals surface area contributed by atoms with Crippen molar-refractivity contribution in [2.24, 2.45) is 4.99 Å². The molecular formula is C20H34IN5O. The molecule has 0 spiro atoms. The van der Waals surface area contributed by atoms with E-state index < -0.39 is 0 Å². The summed E-state index contributed by atoms with van der Waals surface area (Å²) in [6.45, 7) is 10.2. The molecule has 0 bridgehead atoms. The number of hydrogen-bond acceptors (Lipinski definition) is 4. The molecule has 2 N–H and O–H groups in total. The molecule has 2 fully saturated rings. The maximum absolute atomic E-state index is 5.54. The number of anilines is 1. The van der Waals surface area contributed by atoms with E-state index in [2.05, 4.69) is 69.6 Å². The normalized spacial score (nSPS) is 25.0. The Balaban J connectivity index is 0.00000261. The quantitative estimate of drug-likeness (QED) is 0.379. The third-order valence-electron chi connectivity index (χ3n) is 5.42. The van der Waals surface area contributed by atoms with Crippen LogP contribution in [0.3, 0.4) is 0 Å². The van der Waals surface area contributed by atoms with Gasteiger partial charge in [0, 0.05) is 57.0 Å². The van der Waals surface area contributed by atoms with Crippen molar-refractivity contribution in [2.75, 3.05) is 51.3 Å². The molecule has 152 valence electrons. The lowest BCUT2D eigenvalue weighted by Crippen LogP contribution is -2.53. The number of ether oxygens (including phenoxy) is 1. The minimum absolute atomic E-state index is 0. The average molecular weight is 487 g/mol. The summed E-state index contributed by atoms with van der Waals surface area (Å²) < 4.78 is 5.54. The summed E-state index contributed by atoms with van der Waals surface area (Å²) in [7, 11) is 1.85. The Morgan fingerprint density at radius 3 is 2.78 bits per heavy atom. The molecule has 0 amide bonds. The third kappa shape index (κ3) is 6.22. The van der Waals surface area contributed by atoms with Crippen LogP contribution in [0.2, 0.25) is 0 Å². The average Bonchev–Trinajstić information content (AvgIpc) is 3.14. The van der Waals surface area contributed by atoms with Gasteiger partial charge in [0.1, 0.15) is 0 Å². The molecule has 2 aliphatic rings. The number of nitrogens with one attached hydrogen (secondary N) is 2. The zero-order chi connectivity index (χ0) is 18.4. The maximum atomic E-state index is 5.54. The van der Waals surface area contributed by atoms with Crippen molar-refractivity contribution in [1.29, 1.82) is 0 Å². The van der Waals surface area contributed by atoms with Gasteiger partial charge in [-0.05, 0) is 32.4 Å². The Labute approximate surface area is 180 Å². The Morgan fingerprint density at radius 2 is 2.07 bits per heavy atom. The van der Waals surface area contributed by atoms with E-state index in [1.165, 1.54) is 5.69 Å². The van der Waals surface area contributed by atoms with Crippen LogP contribution in [0.4, 0.5) is 5.69 Å². The van der Waals surface area contributed by atoms with E-state index >= 15 is 0 Å². The van der Waals surface area contributed by atoms with E-state index in [0.717, 1.165) is 51.8 Å². The van der Waals surface area contributed by atoms with Crippen LogP contribution in [0, 0.1) is 0 Å². The second-order valence-electron chi connectivity index (χ2n) is 7.38. The lowest BCUT2D eigenvalue weighted by atomic mass is 10.2. The first-order chi connectivity index (χ1) is 12.7. The monoisotopic (exact) mass is 487 g/mol. The molecule has 6 nitrogen and oxygen atoms in total. The highest BCUT2D eigenvalue weighted by atomic mass is 127. The molecule has 3 rings (SSSR count). The van der Waals surface area contributed by atoms with Crippen LogP contribution in [0.15, 0.2) is 35.3 Å². The fourth-order valence-electron chi connectivity index (χ4n) is 3.90. The number of hydrogen-bond donors (Lipinski definition) is 2. The van der Waals surface area contributed by atoms with Gasteiger partial charge in [0.25, 0.3) is 0 Å². The van der Waals surface area contributed by atoms with Crippen molar-refractivity contribution in [1.82, 2.24) is 15.5 Å². The molecule has 0 aromatic heterocycles. The van der Waals surface area contributed by atoms with E-state index in [1.54, 1.807) is 0 Å². The molecule has 1 aromatic rings. The summed E-state index contributed by atoms with van der Waals surface area (Å²) in [6.07, 6.45) is 1.13. The number of nitrogens with zero attached hydrogens (tertiary/aromatic N) is 3. The van der Waals surface area contributed by atoms with E-state index in [1.807, 2.05) is 7.05 Å². The highest BCUT2D eigenvalue weighted by Crippen LogP contribution is 2.19. The largest absolute Gasteiger partial charge is 0.379 e. The SMILES string of the molecule is CN=C(NCC(C)N1CCOCC1C)NC1CCN(c2ccccc2)C1.I. The van der Waals surface area contributed by atoms with Crippen LogP contribution in [-0.4, -0.2) is 75.4 Å². The van der Waals surface area contributed by atoms with Gasteiger partial charge in [0.2, 0.25) is 0 Å². The van der Waals surface area contributed by atoms with Gasteiger partial charge in [0.15, 0.2) is 5.96 Å². The van der Waals surface area contributed by atoms with Gasteiger partial charge in [0.05, 0.1) is 13.2 Å². The molecule has 7 heteroatoms.